The summed E-state index contributed by atoms with van der Waals surface area (Å²) in [6.45, 7) is 32.6. The van der Waals surface area contributed by atoms with Gasteiger partial charge in [0.1, 0.15) is 10.8 Å². The number of carbonyl (C=O) groups excluding carboxylic acids is 3. The van der Waals surface area contributed by atoms with Crippen molar-refractivity contribution < 1.29 is 14.4 Å². The first-order valence-electron chi connectivity index (χ1n) is 44.8. The lowest BCUT2D eigenvalue weighted by molar-refractivity contribution is 0.0904. The van der Waals surface area contributed by atoms with Crippen molar-refractivity contribution in [1.82, 2.24) is 0 Å². The van der Waals surface area contributed by atoms with E-state index in [1.165, 1.54) is 167 Å². The minimum Gasteiger partial charge on any atom is -0.293 e. The number of Topliss-reactive ketones (excluding diaryl/α,β-unsaturated/α-hetero) is 3. The molecule has 0 bridgehead atoms. The highest BCUT2D eigenvalue weighted by atomic mass is 16.1. The third-order valence-corrected chi connectivity index (χ3v) is 32.4. The van der Waals surface area contributed by atoms with Crippen molar-refractivity contribution in [1.29, 1.82) is 0 Å². The fourth-order valence-electron chi connectivity index (χ4n) is 26.9. The predicted octanol–water partition coefficient (Wildman–Crippen LogP) is 29.4. The van der Waals surface area contributed by atoms with E-state index in [-0.39, 0.29) is 49.8 Å². The second kappa shape index (κ2) is 24.3. The van der Waals surface area contributed by atoms with Crippen LogP contribution >= 0.6 is 0 Å². The van der Waals surface area contributed by atoms with Crippen LogP contribution in [0.4, 0.5) is 0 Å². The molecule has 0 saturated carbocycles. The van der Waals surface area contributed by atoms with E-state index in [2.05, 4.69) is 362 Å². The first kappa shape index (κ1) is 74.2. The maximum Gasteiger partial charge on any atom is 0.183 e. The number of ketones is 3. The lowest BCUT2D eigenvalue weighted by atomic mass is 9.57. The van der Waals surface area contributed by atoms with Gasteiger partial charge in [-0.3, -0.25) is 14.4 Å². The topological polar surface area (TPSA) is 51.2 Å². The highest BCUT2D eigenvalue weighted by Crippen LogP contribution is 2.74. The zero-order valence-electron chi connectivity index (χ0n) is 73.2. The molecule has 125 heavy (non-hydrogen) atoms. The van der Waals surface area contributed by atoms with Crippen molar-refractivity contribution in [2.24, 2.45) is 0 Å². The summed E-state index contributed by atoms with van der Waals surface area (Å²) in [6.07, 6.45) is 0. The maximum absolute atomic E-state index is 17.7. The molecule has 600 valence electrons. The Morgan fingerprint density at radius 3 is 0.760 bits per heavy atom. The van der Waals surface area contributed by atoms with Crippen LogP contribution in [0.5, 0.6) is 0 Å². The van der Waals surface area contributed by atoms with E-state index in [0.717, 1.165) is 77.9 Å². The smallest absolute Gasteiger partial charge is 0.183 e. The van der Waals surface area contributed by atoms with Crippen molar-refractivity contribution in [3.05, 3.63) is 438 Å². The largest absolute Gasteiger partial charge is 0.293 e. The van der Waals surface area contributed by atoms with E-state index < -0.39 is 16.2 Å². The second-order valence-electron chi connectivity index (χ2n) is 40.8. The van der Waals surface area contributed by atoms with Crippen LogP contribution in [-0.2, 0) is 48.7 Å². The maximum atomic E-state index is 17.7. The summed E-state index contributed by atoms with van der Waals surface area (Å²) >= 11 is 0. The van der Waals surface area contributed by atoms with Gasteiger partial charge in [-0.15, -0.1) is 0 Å². The summed E-state index contributed by atoms with van der Waals surface area (Å²) < 4.78 is 0. The van der Waals surface area contributed by atoms with Gasteiger partial charge in [0.2, 0.25) is 0 Å². The minimum atomic E-state index is -1.12. The molecule has 0 saturated heterocycles. The number of rotatable bonds is 0. The Bertz CT molecular complexity index is 7730. The molecule has 11 aliphatic rings. The molecule has 0 aliphatic heterocycles. The normalized spacial score (nSPS) is 19.4. The number of benzene rings is 16. The Morgan fingerprint density at radius 1 is 0.136 bits per heavy atom. The molecular weight excluding hydrogens is 1510 g/mol. The number of carbonyl (C=O) groups is 3. The van der Waals surface area contributed by atoms with E-state index in [1.807, 2.05) is 50.2 Å². The van der Waals surface area contributed by atoms with Crippen molar-refractivity contribution >= 4 is 17.3 Å². The first-order chi connectivity index (χ1) is 60.1. The molecule has 0 fully saturated rings. The molecule has 2 atom stereocenters. The van der Waals surface area contributed by atoms with Crippen molar-refractivity contribution in [2.45, 2.75) is 146 Å². The summed E-state index contributed by atoms with van der Waals surface area (Å²) in [7, 11) is 0. The molecule has 11 aliphatic carbocycles. The SMILES string of the molecule is CC1(C)C(=O)c2ccccc2-c2ccccc21.CC1(C)c2ccccc2-c2c3c(c4c(c21)-c1ccccc1C4(C)C)-c1ccccc1C1(C3=O)c2ccccc2-c2c3c(c4c(c21)-c1ccccc1C4(C)C)-c1ccccc1C3(C)C.CC1(C)c2ccccc2-c2cc3c(cc21)-c1ccccc1C1(C3=O)c2ccccc2-c2cc3c(cc21)-c1ccccc1C3(C)C. The van der Waals surface area contributed by atoms with E-state index in [4.69, 9.17) is 0 Å². The van der Waals surface area contributed by atoms with Gasteiger partial charge in [-0.25, -0.2) is 0 Å². The van der Waals surface area contributed by atoms with Crippen LogP contribution in [0.3, 0.4) is 0 Å². The molecule has 0 N–H and O–H groups in total. The summed E-state index contributed by atoms with van der Waals surface area (Å²) in [4.78, 5) is 45.9. The second-order valence-corrected chi connectivity index (χ2v) is 40.8. The quantitative estimate of drug-likeness (QED) is 0.152. The van der Waals surface area contributed by atoms with Gasteiger partial charge in [-0.1, -0.05) is 374 Å². The lowest BCUT2D eigenvalue weighted by Gasteiger charge is -2.42. The van der Waals surface area contributed by atoms with Gasteiger partial charge in [0, 0.05) is 49.2 Å². The van der Waals surface area contributed by atoms with Gasteiger partial charge in [-0.05, 0) is 266 Å². The molecule has 3 nitrogen and oxygen atoms in total. The van der Waals surface area contributed by atoms with Gasteiger partial charge in [0.25, 0.3) is 0 Å². The number of fused-ring (bicyclic) bond motifs is 45. The average molecular weight is 1610 g/mol. The van der Waals surface area contributed by atoms with Crippen LogP contribution in [0.2, 0.25) is 0 Å². The number of hydrogen-bond acceptors (Lipinski definition) is 3. The van der Waals surface area contributed by atoms with Crippen molar-refractivity contribution in [3.8, 4) is 122 Å². The monoisotopic (exact) mass is 1610 g/mol. The van der Waals surface area contributed by atoms with Gasteiger partial charge in [0.05, 0.1) is 5.41 Å². The van der Waals surface area contributed by atoms with Crippen LogP contribution in [-0.4, -0.2) is 17.3 Å². The summed E-state index contributed by atoms with van der Waals surface area (Å²) in [6, 6.07) is 115. The zero-order chi connectivity index (χ0) is 85.4. The average Bonchev–Trinajstić information content (AvgIpc) is 1.47. The highest BCUT2D eigenvalue weighted by Gasteiger charge is 2.64. The van der Waals surface area contributed by atoms with Crippen LogP contribution < -0.4 is 0 Å². The van der Waals surface area contributed by atoms with E-state index >= 15 is 9.59 Å². The highest BCUT2D eigenvalue weighted by molar-refractivity contribution is 6.28. The van der Waals surface area contributed by atoms with E-state index in [0.29, 0.717) is 0 Å². The molecule has 0 amide bonds. The fourth-order valence-corrected chi connectivity index (χ4v) is 26.9. The summed E-state index contributed by atoms with van der Waals surface area (Å²) in [5.74, 6) is 0.600. The molecule has 2 spiro atoms. The Morgan fingerprint density at radius 2 is 0.368 bits per heavy atom. The van der Waals surface area contributed by atoms with Gasteiger partial charge in [0.15, 0.2) is 17.3 Å². The Hall–Kier alpha value is -13.5. The third kappa shape index (κ3) is 8.71. The molecule has 0 heterocycles. The third-order valence-electron chi connectivity index (χ3n) is 32.4. The van der Waals surface area contributed by atoms with Gasteiger partial charge < -0.3 is 0 Å². The Labute approximate surface area is 732 Å². The Kier molecular flexibility index (Phi) is 14.4. The molecule has 16 aromatic carbocycles. The zero-order valence-corrected chi connectivity index (χ0v) is 73.2. The predicted molar refractivity (Wildman–Crippen MR) is 511 cm³/mol. The number of hydrogen-bond donors (Lipinski definition) is 0. The standard InChI is InChI=1S/C62H48O.C44H32O.C16H14O/c1-58(2)39-27-15-9-21-33(39)45-51-46(53-47(52(45)58)34-22-10-16-28-40(34)59(53,3)4)37-25-13-19-31-43(37)62(57(51)63)44-32-20-14-26-38(44)50-55-48(35-23-11-17-29-41(35)60(55,5)6)54-49(56(50)62)36-24-12-18-30-42(36)61(54,7)8;1-42(2)34-17-9-5-14-26(34)30-21-33-29(22-38(30)42)25-13-7-11-19-36(25)44(41(33)45)37-20-12-8-16-28(37)32-23-39-31(24-40(32)44)27-15-6-10-18-35(27)43(39,3)4;1-16(2)14-10-6-5-8-12(14)11-7-3-4-9-13(11)15(16)17/h9-32H,1-8H3;5-24H,1-4H3;3-10H,1-2H3. The molecule has 27 rings (SSSR count). The van der Waals surface area contributed by atoms with E-state index in [9.17, 15) is 4.79 Å². The van der Waals surface area contributed by atoms with Crippen LogP contribution in [0.25, 0.3) is 122 Å². The summed E-state index contributed by atoms with van der Waals surface area (Å²) in [5.41, 5.74) is 48.9. The molecule has 0 aromatic heterocycles. The first-order valence-corrected chi connectivity index (χ1v) is 44.8. The molecule has 0 radical (unpaired) electrons. The van der Waals surface area contributed by atoms with E-state index in [1.54, 1.807) is 0 Å². The van der Waals surface area contributed by atoms with Gasteiger partial charge in [-0.2, -0.15) is 0 Å². The van der Waals surface area contributed by atoms with Crippen molar-refractivity contribution in [3.63, 3.8) is 0 Å². The molecule has 3 heteroatoms. The minimum absolute atomic E-state index is 0.118. The molecule has 16 aromatic rings. The Balaban J connectivity index is 0.000000119. The molecule has 2 unspecified atom stereocenters. The van der Waals surface area contributed by atoms with Crippen LogP contribution in [0, 0.1) is 0 Å². The fraction of sp³-hybridized carbons (Fsp3) is 0.189. The molecular formula is C122H94O3. The van der Waals surface area contributed by atoms with Crippen LogP contribution in [0.1, 0.15) is 234 Å². The van der Waals surface area contributed by atoms with Crippen molar-refractivity contribution in [2.75, 3.05) is 0 Å². The van der Waals surface area contributed by atoms with Crippen LogP contribution in [0.15, 0.2) is 315 Å². The summed E-state index contributed by atoms with van der Waals surface area (Å²) in [5, 5.41) is 0. The van der Waals surface area contributed by atoms with Gasteiger partial charge >= 0.3 is 0 Å². The lowest BCUT2D eigenvalue weighted by Crippen LogP contribution is -2.42.